The fraction of sp³-hybridized carbons (Fsp3) is 0.375. The molecule has 0 saturated carbocycles. The Morgan fingerprint density at radius 1 is 1.20 bits per heavy atom. The summed E-state index contributed by atoms with van der Waals surface area (Å²) in [6, 6.07) is 6.21. The van der Waals surface area contributed by atoms with Gasteiger partial charge in [0, 0.05) is 46.6 Å². The van der Waals surface area contributed by atoms with E-state index in [1.54, 1.807) is 27.7 Å². The van der Waals surface area contributed by atoms with Crippen LogP contribution < -0.4 is 10.1 Å². The van der Waals surface area contributed by atoms with Crippen molar-refractivity contribution in [3.63, 3.8) is 0 Å². The molecule has 10 nitrogen and oxygen atoms in total. The van der Waals surface area contributed by atoms with Crippen LogP contribution in [0.2, 0.25) is 0 Å². The number of halogens is 2. The number of nitrogens with one attached hydrogen (secondary N) is 1. The lowest BCUT2D eigenvalue weighted by Crippen LogP contribution is -2.29. The molecule has 2 aromatic carbocycles. The van der Waals surface area contributed by atoms with E-state index in [9.17, 15) is 24.2 Å². The van der Waals surface area contributed by atoms with Crippen molar-refractivity contribution >= 4 is 17.5 Å². The first-order chi connectivity index (χ1) is 20.8. The Labute approximate surface area is 252 Å². The van der Waals surface area contributed by atoms with Gasteiger partial charge in [-0.2, -0.15) is 5.10 Å². The quantitative estimate of drug-likeness (QED) is 0.241. The number of fused-ring (bicyclic) bond motifs is 2. The number of nitrogens with zero attached hydrogens (tertiary/aromatic N) is 3. The summed E-state index contributed by atoms with van der Waals surface area (Å²) in [5.74, 6) is -3.22. The number of benzene rings is 2. The molecule has 12 heteroatoms. The summed E-state index contributed by atoms with van der Waals surface area (Å²) in [4.78, 5) is 30.5. The average Bonchev–Trinajstić information content (AvgIpc) is 3.38. The van der Waals surface area contributed by atoms with Gasteiger partial charge in [-0.15, -0.1) is 0 Å². The summed E-state index contributed by atoms with van der Waals surface area (Å²) in [5, 5.41) is 27.5. The second-order valence-electron chi connectivity index (χ2n) is 11.7. The maximum atomic E-state index is 15.6. The summed E-state index contributed by atoms with van der Waals surface area (Å²) in [6.45, 7) is 9.02. The van der Waals surface area contributed by atoms with Gasteiger partial charge in [0.15, 0.2) is 29.0 Å². The second-order valence-corrected chi connectivity index (χ2v) is 11.7. The zero-order chi connectivity index (χ0) is 31.9. The highest BCUT2D eigenvalue weighted by Gasteiger charge is 2.35. The Morgan fingerprint density at radius 3 is 2.61 bits per heavy atom. The van der Waals surface area contributed by atoms with Crippen LogP contribution >= 0.6 is 0 Å². The zero-order valence-corrected chi connectivity index (χ0v) is 25.1. The van der Waals surface area contributed by atoms with Crippen molar-refractivity contribution in [3.05, 3.63) is 75.6 Å². The monoisotopic (exact) mass is 608 g/mol. The van der Waals surface area contributed by atoms with Gasteiger partial charge in [-0.1, -0.05) is 13.0 Å². The van der Waals surface area contributed by atoms with Crippen LogP contribution in [-0.2, 0) is 28.9 Å². The van der Waals surface area contributed by atoms with E-state index in [1.165, 1.54) is 28.8 Å². The summed E-state index contributed by atoms with van der Waals surface area (Å²) in [6.07, 6.45) is 0.262. The summed E-state index contributed by atoms with van der Waals surface area (Å²) in [7, 11) is 0. The zero-order valence-electron chi connectivity index (χ0n) is 25.1. The van der Waals surface area contributed by atoms with Gasteiger partial charge in [-0.3, -0.25) is 4.79 Å². The molecule has 0 saturated heterocycles. The van der Waals surface area contributed by atoms with Crippen molar-refractivity contribution in [2.45, 2.75) is 72.1 Å². The van der Waals surface area contributed by atoms with Crippen molar-refractivity contribution in [3.8, 4) is 22.8 Å². The Kier molecular flexibility index (Phi) is 8.30. The maximum Gasteiger partial charge on any atom is 0.337 e. The van der Waals surface area contributed by atoms with Crippen molar-refractivity contribution in [1.29, 1.82) is 0 Å². The molecule has 44 heavy (non-hydrogen) atoms. The normalized spacial score (nSPS) is 13.8. The number of aromatic nitrogens is 3. The number of carboxylic acid groups (broad SMARTS) is 1. The minimum Gasteiger partial charge on any atom is -0.507 e. The van der Waals surface area contributed by atoms with E-state index in [1.807, 2.05) is 6.92 Å². The van der Waals surface area contributed by atoms with E-state index in [0.29, 0.717) is 48.3 Å². The van der Waals surface area contributed by atoms with Crippen LogP contribution in [0.3, 0.4) is 0 Å². The van der Waals surface area contributed by atoms with Crippen LogP contribution in [0.15, 0.2) is 30.3 Å². The number of carbonyl (C=O) groups is 2. The first kappa shape index (κ1) is 30.9. The number of aliphatic carboxylic acids is 1. The van der Waals surface area contributed by atoms with Gasteiger partial charge in [-0.25, -0.2) is 23.1 Å². The van der Waals surface area contributed by atoms with Crippen LogP contribution in [0.5, 0.6) is 11.5 Å². The number of hydrogen-bond acceptors (Lipinski definition) is 7. The van der Waals surface area contributed by atoms with Gasteiger partial charge in [0.1, 0.15) is 11.6 Å². The fourth-order valence-electron chi connectivity index (χ4n) is 5.54. The third-order valence-electron chi connectivity index (χ3n) is 7.38. The lowest BCUT2D eigenvalue weighted by Gasteiger charge is -2.29. The molecular formula is C32H34F2N4O6. The molecule has 2 aromatic heterocycles. The van der Waals surface area contributed by atoms with Gasteiger partial charge in [-0.05, 0) is 64.7 Å². The van der Waals surface area contributed by atoms with Gasteiger partial charge in [0.2, 0.25) is 0 Å². The van der Waals surface area contributed by atoms with E-state index in [-0.39, 0.29) is 40.6 Å². The van der Waals surface area contributed by atoms with Crippen LogP contribution in [0.25, 0.3) is 16.9 Å². The number of phenols is 1. The highest BCUT2D eigenvalue weighted by atomic mass is 19.1. The number of ether oxygens (including phenoxy) is 2. The topological polar surface area (TPSA) is 135 Å². The minimum absolute atomic E-state index is 0.0553. The third-order valence-corrected chi connectivity index (χ3v) is 7.38. The number of amides is 1. The van der Waals surface area contributed by atoms with E-state index in [4.69, 9.17) is 9.47 Å². The van der Waals surface area contributed by atoms with E-state index in [2.05, 4.69) is 15.4 Å². The number of rotatable bonds is 8. The second kappa shape index (κ2) is 11.8. The average molecular weight is 609 g/mol. The van der Waals surface area contributed by atoms with Crippen molar-refractivity contribution < 1.29 is 38.1 Å². The lowest BCUT2D eigenvalue weighted by atomic mass is 9.89. The van der Waals surface area contributed by atoms with Gasteiger partial charge < -0.3 is 25.0 Å². The predicted octanol–water partition coefficient (Wildman–Crippen LogP) is 5.45. The molecule has 3 heterocycles. The third kappa shape index (κ3) is 5.94. The molecule has 232 valence electrons. The highest BCUT2D eigenvalue weighted by Crippen LogP contribution is 2.42. The lowest BCUT2D eigenvalue weighted by molar-refractivity contribution is -0.160. The fourth-order valence-corrected chi connectivity index (χ4v) is 5.54. The van der Waals surface area contributed by atoms with Crippen molar-refractivity contribution in [1.82, 2.24) is 19.9 Å². The SMILES string of the molecule is CCc1c(-c2c([C@H](OC(C)(C)C)C(=O)O)c(C)nc3cc(C(=O)NCc4ccc(F)cc4O)nn23)cc(F)c2c1CCCO2. The predicted molar refractivity (Wildman–Crippen MR) is 157 cm³/mol. The minimum atomic E-state index is -1.50. The van der Waals surface area contributed by atoms with E-state index < -0.39 is 35.2 Å². The highest BCUT2D eigenvalue weighted by molar-refractivity contribution is 5.93. The molecule has 0 radical (unpaired) electrons. The molecule has 0 fully saturated rings. The van der Waals surface area contributed by atoms with Crippen LogP contribution in [0, 0.1) is 18.6 Å². The smallest absolute Gasteiger partial charge is 0.337 e. The Hall–Kier alpha value is -4.58. The molecule has 0 aliphatic carbocycles. The maximum absolute atomic E-state index is 15.6. The van der Waals surface area contributed by atoms with E-state index >= 15 is 4.39 Å². The number of carbonyl (C=O) groups excluding carboxylic acids is 1. The molecular weight excluding hydrogens is 574 g/mol. The molecule has 4 aromatic rings. The molecule has 3 N–H and O–H groups in total. The Morgan fingerprint density at radius 2 is 1.95 bits per heavy atom. The van der Waals surface area contributed by atoms with Crippen LogP contribution in [0.1, 0.15) is 78.7 Å². The van der Waals surface area contributed by atoms with Gasteiger partial charge in [0.25, 0.3) is 5.91 Å². The first-order valence-corrected chi connectivity index (χ1v) is 14.3. The Balaban J connectivity index is 1.72. The molecule has 0 unspecified atom stereocenters. The molecule has 5 rings (SSSR count). The molecule has 1 aliphatic rings. The largest absolute Gasteiger partial charge is 0.507 e. The standard InChI is InChI=1S/C32H34F2N4O6/c1-6-19-20-8-7-11-43-28(20)22(34)13-21(19)27-26(29(31(41)42)44-32(3,4)5)16(2)36-25-14-23(37-38(25)27)30(40)35-15-17-9-10-18(33)12-24(17)39/h9-10,12-14,29,39H,6-8,11,15H2,1-5H3,(H,35,40)(H,41,42)/t29-/m0/s1. The number of hydrogen-bond donors (Lipinski definition) is 3. The summed E-state index contributed by atoms with van der Waals surface area (Å²) in [5.41, 5.74) is 2.19. The van der Waals surface area contributed by atoms with E-state index in [0.717, 1.165) is 11.6 Å². The van der Waals surface area contributed by atoms with Gasteiger partial charge in [0.05, 0.1) is 17.9 Å². The van der Waals surface area contributed by atoms with Gasteiger partial charge >= 0.3 is 5.97 Å². The van der Waals surface area contributed by atoms with Crippen LogP contribution in [0.4, 0.5) is 8.78 Å². The van der Waals surface area contributed by atoms with Crippen molar-refractivity contribution in [2.24, 2.45) is 0 Å². The summed E-state index contributed by atoms with van der Waals surface area (Å²) >= 11 is 0. The number of phenolic OH excluding ortho intramolecular Hbond substituents is 1. The first-order valence-electron chi connectivity index (χ1n) is 14.3. The number of aromatic hydroxyl groups is 1. The molecule has 1 amide bonds. The van der Waals surface area contributed by atoms with Crippen LogP contribution in [-0.4, -0.2) is 48.9 Å². The molecule has 1 atom stereocenters. The molecule has 1 aliphatic heterocycles. The number of aryl methyl sites for hydroxylation is 1. The number of carboxylic acids is 1. The summed E-state index contributed by atoms with van der Waals surface area (Å²) < 4.78 is 42.1. The Bertz CT molecular complexity index is 1780. The molecule has 0 bridgehead atoms. The molecule has 0 spiro atoms. The van der Waals surface area contributed by atoms with Crippen molar-refractivity contribution in [2.75, 3.05) is 6.61 Å².